The maximum absolute atomic E-state index is 11.3. The summed E-state index contributed by atoms with van der Waals surface area (Å²) in [6.07, 6.45) is 3.09. The monoisotopic (exact) mass is 257 g/mol. The number of carboxylic acid groups (broad SMARTS) is 1. The Kier molecular flexibility index (Phi) is 4.65. The van der Waals surface area contributed by atoms with E-state index < -0.39 is 11.7 Å². The number of piperidine rings is 1. The van der Waals surface area contributed by atoms with E-state index in [4.69, 9.17) is 0 Å². The molecule has 2 unspecified atom stereocenters. The summed E-state index contributed by atoms with van der Waals surface area (Å²) in [6.45, 7) is 8.67. The Morgan fingerprint density at radius 2 is 2.06 bits per heavy atom. The van der Waals surface area contributed by atoms with E-state index in [-0.39, 0.29) is 11.5 Å². The Bertz CT molecular complexity index is 298. The summed E-state index contributed by atoms with van der Waals surface area (Å²) in [5, 5.41) is 19.9. The highest BCUT2D eigenvalue weighted by molar-refractivity contribution is 5.65. The van der Waals surface area contributed by atoms with Crippen LogP contribution < -0.4 is 0 Å². The molecule has 1 amide bonds. The standard InChI is InChI=1S/C14H27NO3/c1-5-6-7-14(18)8-9-15(12(16)17)11(10-14)13(2,3)4/h11,18H,5-10H2,1-4H3,(H,16,17). The Balaban J connectivity index is 2.82. The molecule has 0 saturated carbocycles. The van der Waals surface area contributed by atoms with Gasteiger partial charge in [0.15, 0.2) is 0 Å². The normalized spacial score (nSPS) is 29.4. The number of hydrogen-bond acceptors (Lipinski definition) is 2. The quantitative estimate of drug-likeness (QED) is 0.816. The largest absolute Gasteiger partial charge is 0.465 e. The Hall–Kier alpha value is -0.770. The molecule has 2 N–H and O–H groups in total. The minimum Gasteiger partial charge on any atom is -0.465 e. The van der Waals surface area contributed by atoms with E-state index in [0.717, 1.165) is 19.3 Å². The van der Waals surface area contributed by atoms with Crippen molar-refractivity contribution in [2.45, 2.75) is 71.4 Å². The number of unbranched alkanes of at least 4 members (excludes halogenated alkanes) is 1. The molecule has 0 aromatic carbocycles. The van der Waals surface area contributed by atoms with Crippen LogP contribution in [-0.4, -0.2) is 39.4 Å². The van der Waals surface area contributed by atoms with Crippen LogP contribution >= 0.6 is 0 Å². The van der Waals surface area contributed by atoms with Crippen molar-refractivity contribution in [2.24, 2.45) is 5.41 Å². The summed E-state index contributed by atoms with van der Waals surface area (Å²) < 4.78 is 0. The summed E-state index contributed by atoms with van der Waals surface area (Å²) in [5.74, 6) is 0. The highest BCUT2D eigenvalue weighted by Crippen LogP contribution is 2.38. The molecule has 0 aromatic rings. The lowest BCUT2D eigenvalue weighted by molar-refractivity contribution is -0.0695. The van der Waals surface area contributed by atoms with Crippen LogP contribution in [0.4, 0.5) is 4.79 Å². The first-order valence-electron chi connectivity index (χ1n) is 6.91. The third-order valence-corrected chi connectivity index (χ3v) is 4.01. The smallest absolute Gasteiger partial charge is 0.407 e. The van der Waals surface area contributed by atoms with Gasteiger partial charge in [-0.05, 0) is 24.7 Å². The predicted molar refractivity (Wildman–Crippen MR) is 71.7 cm³/mol. The summed E-state index contributed by atoms with van der Waals surface area (Å²) in [6, 6.07) is -0.106. The van der Waals surface area contributed by atoms with Crippen molar-refractivity contribution in [2.75, 3.05) is 6.54 Å². The number of hydrogen-bond donors (Lipinski definition) is 2. The average Bonchev–Trinajstić information content (AvgIpc) is 2.25. The highest BCUT2D eigenvalue weighted by atomic mass is 16.4. The zero-order chi connectivity index (χ0) is 14.0. The molecule has 106 valence electrons. The maximum Gasteiger partial charge on any atom is 0.407 e. The molecule has 0 radical (unpaired) electrons. The maximum atomic E-state index is 11.3. The van der Waals surface area contributed by atoms with Gasteiger partial charge in [-0.2, -0.15) is 0 Å². The van der Waals surface area contributed by atoms with Crippen molar-refractivity contribution in [1.29, 1.82) is 0 Å². The number of nitrogens with zero attached hydrogens (tertiary/aromatic N) is 1. The second-order valence-electron chi connectivity index (χ2n) is 6.64. The van der Waals surface area contributed by atoms with Crippen molar-refractivity contribution in [3.63, 3.8) is 0 Å². The van der Waals surface area contributed by atoms with Gasteiger partial charge in [-0.15, -0.1) is 0 Å². The molecule has 1 heterocycles. The van der Waals surface area contributed by atoms with Crippen LogP contribution in [0.1, 0.15) is 59.8 Å². The lowest BCUT2D eigenvalue weighted by atomic mass is 9.73. The van der Waals surface area contributed by atoms with E-state index in [0.29, 0.717) is 19.4 Å². The van der Waals surface area contributed by atoms with E-state index >= 15 is 0 Å². The third-order valence-electron chi connectivity index (χ3n) is 4.01. The number of likely N-dealkylation sites (tertiary alicyclic amines) is 1. The summed E-state index contributed by atoms with van der Waals surface area (Å²) in [4.78, 5) is 12.8. The Morgan fingerprint density at radius 3 is 2.50 bits per heavy atom. The second-order valence-corrected chi connectivity index (χ2v) is 6.64. The van der Waals surface area contributed by atoms with Gasteiger partial charge in [-0.3, -0.25) is 0 Å². The van der Waals surface area contributed by atoms with Gasteiger partial charge in [0.2, 0.25) is 0 Å². The molecule has 1 aliphatic heterocycles. The molecule has 1 aliphatic rings. The van der Waals surface area contributed by atoms with Gasteiger partial charge >= 0.3 is 6.09 Å². The summed E-state index contributed by atoms with van der Waals surface area (Å²) in [7, 11) is 0. The first-order chi connectivity index (χ1) is 8.19. The molecule has 0 aliphatic carbocycles. The molecule has 4 nitrogen and oxygen atoms in total. The van der Waals surface area contributed by atoms with E-state index in [1.54, 1.807) is 0 Å². The van der Waals surface area contributed by atoms with E-state index in [1.807, 2.05) is 20.8 Å². The fourth-order valence-corrected chi connectivity index (χ4v) is 2.79. The van der Waals surface area contributed by atoms with Gasteiger partial charge in [0.25, 0.3) is 0 Å². The fourth-order valence-electron chi connectivity index (χ4n) is 2.79. The van der Waals surface area contributed by atoms with Crippen LogP contribution in [0.25, 0.3) is 0 Å². The fraction of sp³-hybridized carbons (Fsp3) is 0.929. The first-order valence-corrected chi connectivity index (χ1v) is 6.91. The molecular weight excluding hydrogens is 230 g/mol. The van der Waals surface area contributed by atoms with Crippen LogP contribution in [0.3, 0.4) is 0 Å². The van der Waals surface area contributed by atoms with Gasteiger partial charge in [-0.25, -0.2) is 4.79 Å². The van der Waals surface area contributed by atoms with E-state index in [9.17, 15) is 15.0 Å². The second kappa shape index (κ2) is 5.47. The molecule has 1 rings (SSSR count). The molecule has 0 bridgehead atoms. The predicted octanol–water partition coefficient (Wildman–Crippen LogP) is 3.10. The van der Waals surface area contributed by atoms with Crippen molar-refractivity contribution < 1.29 is 15.0 Å². The molecule has 2 atom stereocenters. The van der Waals surface area contributed by atoms with Gasteiger partial charge in [-0.1, -0.05) is 40.5 Å². The molecule has 0 aromatic heterocycles. The Labute approximate surface area is 110 Å². The zero-order valence-electron chi connectivity index (χ0n) is 12.1. The van der Waals surface area contributed by atoms with Gasteiger partial charge in [0, 0.05) is 12.6 Å². The van der Waals surface area contributed by atoms with Crippen molar-refractivity contribution >= 4 is 6.09 Å². The zero-order valence-corrected chi connectivity index (χ0v) is 12.1. The van der Waals surface area contributed by atoms with Crippen LogP contribution in [0.5, 0.6) is 0 Å². The minimum absolute atomic E-state index is 0.106. The lowest BCUT2D eigenvalue weighted by Gasteiger charge is -2.48. The van der Waals surface area contributed by atoms with Crippen LogP contribution in [0.2, 0.25) is 0 Å². The lowest BCUT2D eigenvalue weighted by Crippen LogP contribution is -2.56. The van der Waals surface area contributed by atoms with Crippen LogP contribution in [-0.2, 0) is 0 Å². The highest BCUT2D eigenvalue weighted by Gasteiger charge is 2.44. The van der Waals surface area contributed by atoms with Crippen molar-refractivity contribution in [3.8, 4) is 0 Å². The third kappa shape index (κ3) is 3.61. The van der Waals surface area contributed by atoms with Gasteiger partial charge < -0.3 is 15.1 Å². The van der Waals surface area contributed by atoms with Crippen LogP contribution in [0.15, 0.2) is 0 Å². The van der Waals surface area contributed by atoms with Gasteiger partial charge in [0.05, 0.1) is 5.60 Å². The van der Waals surface area contributed by atoms with E-state index in [1.165, 1.54) is 4.90 Å². The van der Waals surface area contributed by atoms with Crippen molar-refractivity contribution in [1.82, 2.24) is 4.90 Å². The number of carbonyl (C=O) groups is 1. The molecule has 1 saturated heterocycles. The molecular formula is C14H27NO3. The molecule has 4 heteroatoms. The summed E-state index contributed by atoms with van der Waals surface area (Å²) in [5.41, 5.74) is -0.821. The Morgan fingerprint density at radius 1 is 1.44 bits per heavy atom. The summed E-state index contributed by atoms with van der Waals surface area (Å²) >= 11 is 0. The van der Waals surface area contributed by atoms with Crippen molar-refractivity contribution in [3.05, 3.63) is 0 Å². The average molecular weight is 257 g/mol. The molecule has 18 heavy (non-hydrogen) atoms. The SMILES string of the molecule is CCCCC1(O)CCN(C(=O)O)C(C(C)(C)C)C1. The molecule has 0 spiro atoms. The van der Waals surface area contributed by atoms with Gasteiger partial charge in [0.1, 0.15) is 0 Å². The molecule has 1 fully saturated rings. The van der Waals surface area contributed by atoms with E-state index in [2.05, 4.69) is 6.92 Å². The van der Waals surface area contributed by atoms with Crippen LogP contribution in [0, 0.1) is 5.41 Å². The topological polar surface area (TPSA) is 60.8 Å². The first kappa shape index (κ1) is 15.3. The number of amides is 1. The number of aliphatic hydroxyl groups is 1. The minimum atomic E-state index is -0.868. The number of rotatable bonds is 3.